The van der Waals surface area contributed by atoms with Crippen LogP contribution in [0.4, 0.5) is 8.78 Å². The quantitative estimate of drug-likeness (QED) is 0.687. The van der Waals surface area contributed by atoms with E-state index in [4.69, 9.17) is 5.11 Å². The van der Waals surface area contributed by atoms with Crippen molar-refractivity contribution in [1.29, 1.82) is 0 Å². The van der Waals surface area contributed by atoms with Gasteiger partial charge in [-0.15, -0.1) is 0 Å². The predicted molar refractivity (Wildman–Crippen MR) is 53.0 cm³/mol. The number of aromatic nitrogens is 1. The zero-order valence-corrected chi connectivity index (χ0v) is 8.78. The molecule has 0 bridgehead atoms. The molecule has 0 spiro atoms. The fourth-order valence-electron chi connectivity index (χ4n) is 0.858. The topological polar surface area (TPSA) is 33.1 Å². The van der Waals surface area contributed by atoms with Crippen molar-refractivity contribution in [2.24, 2.45) is 0 Å². The summed E-state index contributed by atoms with van der Waals surface area (Å²) in [7, 11) is 0. The van der Waals surface area contributed by atoms with Crippen molar-refractivity contribution < 1.29 is 13.9 Å². The maximum atomic E-state index is 12.2. The molecule has 1 rings (SSSR count). The van der Waals surface area contributed by atoms with Crippen LogP contribution in [-0.4, -0.2) is 16.7 Å². The highest BCUT2D eigenvalue weighted by Crippen LogP contribution is 2.23. The Morgan fingerprint density at radius 2 is 2.00 bits per heavy atom. The lowest BCUT2D eigenvalue weighted by Gasteiger charge is -2.06. The summed E-state index contributed by atoms with van der Waals surface area (Å²) in [6, 6.07) is 4.42. The number of halogens is 3. The molecule has 0 saturated heterocycles. The lowest BCUT2D eigenvalue weighted by Crippen LogP contribution is -2.01. The minimum atomic E-state index is -2.55. The predicted octanol–water partition coefficient (Wildman–Crippen LogP) is 2.49. The molecular weight excluding hydrogens is 291 g/mol. The maximum Gasteiger partial charge on any atom is 0.280 e. The third kappa shape index (κ3) is 2.84. The molecule has 0 aliphatic rings. The lowest BCUT2D eigenvalue weighted by molar-refractivity contribution is 0.145. The van der Waals surface area contributed by atoms with Crippen LogP contribution < -0.4 is 0 Å². The smallest absolute Gasteiger partial charge is 0.280 e. The molecule has 0 amide bonds. The first-order valence-corrected chi connectivity index (χ1v) is 4.89. The van der Waals surface area contributed by atoms with E-state index in [9.17, 15) is 8.78 Å². The fraction of sp³-hybridized carbons (Fsp3) is 0.375. The summed E-state index contributed by atoms with van der Waals surface area (Å²) in [5.74, 6) is 0. The van der Waals surface area contributed by atoms with Gasteiger partial charge in [0.05, 0.1) is 16.2 Å². The van der Waals surface area contributed by atoms with Crippen LogP contribution in [0.15, 0.2) is 18.2 Å². The van der Waals surface area contributed by atoms with Crippen molar-refractivity contribution in [2.45, 2.75) is 10.4 Å². The second kappa shape index (κ2) is 4.80. The summed E-state index contributed by atoms with van der Waals surface area (Å²) >= 11 is 1.95. The summed E-state index contributed by atoms with van der Waals surface area (Å²) in [6.45, 7) is -0.0970. The molecule has 0 radical (unpaired) electrons. The van der Waals surface area contributed by atoms with Crippen LogP contribution in [0.25, 0.3) is 0 Å². The van der Waals surface area contributed by atoms with E-state index in [0.717, 1.165) is 0 Å². The van der Waals surface area contributed by atoms with Gasteiger partial charge in [-0.05, 0) is 12.1 Å². The van der Waals surface area contributed by atoms with Crippen molar-refractivity contribution >= 4 is 22.6 Å². The van der Waals surface area contributed by atoms with E-state index in [1.807, 2.05) is 22.6 Å². The SMILES string of the molecule is OC[C@@H](I)c1cccc(C(F)F)n1. The van der Waals surface area contributed by atoms with Crippen LogP contribution in [0.3, 0.4) is 0 Å². The van der Waals surface area contributed by atoms with Gasteiger partial charge >= 0.3 is 0 Å². The van der Waals surface area contributed by atoms with Gasteiger partial charge in [0.15, 0.2) is 0 Å². The number of nitrogens with zero attached hydrogens (tertiary/aromatic N) is 1. The molecule has 0 fully saturated rings. The Balaban J connectivity index is 2.91. The van der Waals surface area contributed by atoms with Crippen molar-refractivity contribution in [3.8, 4) is 0 Å². The molecule has 0 saturated carbocycles. The average molecular weight is 299 g/mol. The van der Waals surface area contributed by atoms with Crippen LogP contribution in [-0.2, 0) is 0 Å². The van der Waals surface area contributed by atoms with E-state index >= 15 is 0 Å². The highest BCUT2D eigenvalue weighted by molar-refractivity contribution is 14.1. The van der Waals surface area contributed by atoms with Gasteiger partial charge in [0.25, 0.3) is 6.43 Å². The number of aliphatic hydroxyl groups excluding tert-OH is 1. The molecule has 2 nitrogen and oxygen atoms in total. The van der Waals surface area contributed by atoms with E-state index in [1.165, 1.54) is 12.1 Å². The summed E-state index contributed by atoms with van der Waals surface area (Å²) in [5, 5.41) is 8.78. The number of rotatable bonds is 3. The molecule has 0 aromatic carbocycles. The standard InChI is InChI=1S/C8H8F2INO/c9-8(10)7-3-1-2-6(12-7)5(11)4-13/h1-3,5,8,13H,4H2/t5-/m1/s1. The first-order valence-electron chi connectivity index (χ1n) is 3.65. The number of aliphatic hydroxyl groups is 1. The van der Waals surface area contributed by atoms with Gasteiger partial charge in [0, 0.05) is 0 Å². The number of hydrogen-bond acceptors (Lipinski definition) is 2. The van der Waals surface area contributed by atoms with Gasteiger partial charge in [-0.25, -0.2) is 8.78 Å². The largest absolute Gasteiger partial charge is 0.395 e. The monoisotopic (exact) mass is 299 g/mol. The number of alkyl halides is 3. The minimum Gasteiger partial charge on any atom is -0.395 e. The van der Waals surface area contributed by atoms with Gasteiger partial charge in [0.1, 0.15) is 5.69 Å². The molecule has 0 aliphatic carbocycles. The van der Waals surface area contributed by atoms with Gasteiger partial charge in [-0.3, -0.25) is 4.98 Å². The summed E-state index contributed by atoms with van der Waals surface area (Å²) in [4.78, 5) is 3.73. The third-order valence-electron chi connectivity index (χ3n) is 1.50. The third-order valence-corrected chi connectivity index (χ3v) is 2.53. The molecule has 1 atom stereocenters. The van der Waals surface area contributed by atoms with Gasteiger partial charge in [-0.2, -0.15) is 0 Å². The van der Waals surface area contributed by atoms with Crippen LogP contribution in [0.1, 0.15) is 21.7 Å². The van der Waals surface area contributed by atoms with E-state index in [-0.39, 0.29) is 16.2 Å². The van der Waals surface area contributed by atoms with E-state index in [2.05, 4.69) is 4.98 Å². The summed E-state index contributed by atoms with van der Waals surface area (Å²) < 4.78 is 24.1. The normalized spacial score (nSPS) is 13.3. The van der Waals surface area contributed by atoms with Crippen molar-refractivity contribution in [3.05, 3.63) is 29.6 Å². The zero-order chi connectivity index (χ0) is 9.84. The zero-order valence-electron chi connectivity index (χ0n) is 6.62. The van der Waals surface area contributed by atoms with E-state index in [0.29, 0.717) is 5.69 Å². The van der Waals surface area contributed by atoms with Gasteiger partial charge in [0.2, 0.25) is 0 Å². The molecule has 1 aromatic rings. The summed E-state index contributed by atoms with van der Waals surface area (Å²) in [5.41, 5.74) is 0.244. The first-order chi connectivity index (χ1) is 6.15. The van der Waals surface area contributed by atoms with Gasteiger partial charge < -0.3 is 5.11 Å². The van der Waals surface area contributed by atoms with Crippen molar-refractivity contribution in [3.63, 3.8) is 0 Å². The molecule has 72 valence electrons. The Kier molecular flexibility index (Phi) is 3.98. The highest BCUT2D eigenvalue weighted by Gasteiger charge is 2.12. The number of hydrogen-bond donors (Lipinski definition) is 1. The van der Waals surface area contributed by atoms with E-state index in [1.54, 1.807) is 6.07 Å². The fourth-order valence-corrected chi connectivity index (χ4v) is 1.21. The molecule has 1 aromatic heterocycles. The summed E-state index contributed by atoms with van der Waals surface area (Å²) in [6.07, 6.45) is -2.55. The van der Waals surface area contributed by atoms with Crippen LogP contribution in [0.5, 0.6) is 0 Å². The Hall–Kier alpha value is -0.300. The molecule has 1 heterocycles. The Morgan fingerprint density at radius 1 is 1.38 bits per heavy atom. The molecule has 1 N–H and O–H groups in total. The molecule has 5 heteroatoms. The van der Waals surface area contributed by atoms with Crippen molar-refractivity contribution in [1.82, 2.24) is 4.98 Å². The Labute approximate surface area is 88.1 Å². The molecule has 0 unspecified atom stereocenters. The first kappa shape index (κ1) is 10.8. The molecule has 0 aliphatic heterocycles. The lowest BCUT2D eigenvalue weighted by atomic mass is 10.2. The molecule has 13 heavy (non-hydrogen) atoms. The van der Waals surface area contributed by atoms with Crippen LogP contribution in [0, 0.1) is 0 Å². The van der Waals surface area contributed by atoms with E-state index < -0.39 is 6.43 Å². The Bertz CT molecular complexity index is 283. The van der Waals surface area contributed by atoms with Crippen LogP contribution in [0.2, 0.25) is 0 Å². The maximum absolute atomic E-state index is 12.2. The second-order valence-corrected chi connectivity index (χ2v) is 3.94. The Morgan fingerprint density at radius 3 is 2.54 bits per heavy atom. The average Bonchev–Trinajstić information content (AvgIpc) is 2.17. The minimum absolute atomic E-state index is 0.0970. The van der Waals surface area contributed by atoms with Crippen LogP contribution >= 0.6 is 22.6 Å². The molecular formula is C8H8F2INO. The second-order valence-electron chi connectivity index (χ2n) is 2.44. The number of pyridine rings is 1. The van der Waals surface area contributed by atoms with Gasteiger partial charge in [-0.1, -0.05) is 28.7 Å². The highest BCUT2D eigenvalue weighted by atomic mass is 127. The van der Waals surface area contributed by atoms with Crippen molar-refractivity contribution in [2.75, 3.05) is 6.61 Å².